The smallest absolute Gasteiger partial charge is 0.351 e. The number of carbonyl (C=O) groups is 1. The predicted molar refractivity (Wildman–Crippen MR) is 75.4 cm³/mol. The van der Waals surface area contributed by atoms with Crippen LogP contribution in [0, 0.1) is 5.41 Å². The van der Waals surface area contributed by atoms with E-state index in [0.717, 1.165) is 31.7 Å². The maximum atomic E-state index is 12.9. The Morgan fingerprint density at radius 2 is 1.86 bits per heavy atom. The van der Waals surface area contributed by atoms with Crippen molar-refractivity contribution in [3.8, 4) is 0 Å². The van der Waals surface area contributed by atoms with Crippen LogP contribution in [-0.4, -0.2) is 18.3 Å². The van der Waals surface area contributed by atoms with E-state index in [2.05, 4.69) is 5.32 Å². The number of hydrogen-bond donors (Lipinski definition) is 1. The molecule has 1 saturated carbocycles. The SMILES string of the molecule is O=C(NCC1(CCl)CCCC1)c1ccccc1C(F)(F)F. The van der Waals surface area contributed by atoms with Crippen LogP contribution in [0.1, 0.15) is 41.6 Å². The third kappa shape index (κ3) is 3.70. The fourth-order valence-corrected chi connectivity index (χ4v) is 3.14. The zero-order chi connectivity index (χ0) is 15.5. The standard InChI is InChI=1S/C15H17ClF3NO/c16-9-14(7-3-4-8-14)10-20-13(21)11-5-1-2-6-12(11)15(17,18)19/h1-2,5-6H,3-4,7-10H2,(H,20,21). The van der Waals surface area contributed by atoms with E-state index in [1.54, 1.807) is 0 Å². The Kier molecular flexibility index (Phi) is 4.81. The second-order valence-corrected chi connectivity index (χ2v) is 5.83. The van der Waals surface area contributed by atoms with Gasteiger partial charge in [0.1, 0.15) is 0 Å². The Morgan fingerprint density at radius 1 is 1.24 bits per heavy atom. The average Bonchev–Trinajstić information content (AvgIpc) is 2.93. The third-order valence-electron chi connectivity index (χ3n) is 4.05. The molecule has 1 fully saturated rings. The van der Waals surface area contributed by atoms with E-state index in [4.69, 9.17) is 11.6 Å². The summed E-state index contributed by atoms with van der Waals surface area (Å²) in [5, 5.41) is 2.62. The van der Waals surface area contributed by atoms with Gasteiger partial charge in [-0.2, -0.15) is 13.2 Å². The number of rotatable bonds is 4. The second-order valence-electron chi connectivity index (χ2n) is 5.57. The van der Waals surface area contributed by atoms with Crippen molar-refractivity contribution in [2.75, 3.05) is 12.4 Å². The van der Waals surface area contributed by atoms with E-state index in [-0.39, 0.29) is 11.0 Å². The number of halogens is 4. The van der Waals surface area contributed by atoms with Crippen LogP contribution >= 0.6 is 11.6 Å². The summed E-state index contributed by atoms with van der Waals surface area (Å²) in [7, 11) is 0. The summed E-state index contributed by atoms with van der Waals surface area (Å²) in [5.74, 6) is -0.284. The summed E-state index contributed by atoms with van der Waals surface area (Å²) in [6.07, 6.45) is -0.648. The second kappa shape index (κ2) is 6.26. The summed E-state index contributed by atoms with van der Waals surface area (Å²) >= 11 is 5.97. The highest BCUT2D eigenvalue weighted by Crippen LogP contribution is 2.38. The maximum Gasteiger partial charge on any atom is 0.417 e. The molecule has 1 aliphatic carbocycles. The molecule has 1 aliphatic rings. The lowest BCUT2D eigenvalue weighted by atomic mass is 9.88. The molecule has 0 atom stereocenters. The topological polar surface area (TPSA) is 29.1 Å². The van der Waals surface area contributed by atoms with Crippen molar-refractivity contribution in [3.63, 3.8) is 0 Å². The first-order valence-electron chi connectivity index (χ1n) is 6.88. The van der Waals surface area contributed by atoms with E-state index in [9.17, 15) is 18.0 Å². The summed E-state index contributed by atoms with van der Waals surface area (Å²) in [5.41, 5.74) is -1.42. The first kappa shape index (κ1) is 16.1. The number of amides is 1. The van der Waals surface area contributed by atoms with Gasteiger partial charge in [0.2, 0.25) is 0 Å². The van der Waals surface area contributed by atoms with Crippen LogP contribution in [0.4, 0.5) is 13.2 Å². The Balaban J connectivity index is 2.11. The summed E-state index contributed by atoms with van der Waals surface area (Å²) in [6.45, 7) is 0.321. The predicted octanol–water partition coefficient (Wildman–Crippen LogP) is 4.23. The van der Waals surface area contributed by atoms with Crippen LogP contribution in [0.15, 0.2) is 24.3 Å². The Morgan fingerprint density at radius 3 is 2.43 bits per heavy atom. The van der Waals surface area contributed by atoms with Gasteiger partial charge in [-0.05, 0) is 25.0 Å². The Bertz CT molecular complexity index is 510. The van der Waals surface area contributed by atoms with Crippen molar-refractivity contribution in [3.05, 3.63) is 35.4 Å². The molecule has 116 valence electrons. The largest absolute Gasteiger partial charge is 0.417 e. The third-order valence-corrected chi connectivity index (χ3v) is 4.62. The summed E-state index contributed by atoms with van der Waals surface area (Å²) < 4.78 is 38.7. The molecule has 0 radical (unpaired) electrons. The van der Waals surface area contributed by atoms with Crippen LogP contribution < -0.4 is 5.32 Å². The van der Waals surface area contributed by atoms with E-state index >= 15 is 0 Å². The highest BCUT2D eigenvalue weighted by Gasteiger charge is 2.36. The zero-order valence-corrected chi connectivity index (χ0v) is 12.2. The van der Waals surface area contributed by atoms with Crippen molar-refractivity contribution in [1.29, 1.82) is 0 Å². The minimum atomic E-state index is -4.54. The van der Waals surface area contributed by atoms with E-state index in [1.807, 2.05) is 0 Å². The molecule has 21 heavy (non-hydrogen) atoms. The molecule has 1 amide bonds. The van der Waals surface area contributed by atoms with Gasteiger partial charge < -0.3 is 5.32 Å². The molecular weight excluding hydrogens is 303 g/mol. The van der Waals surface area contributed by atoms with Crippen LogP contribution in [0.3, 0.4) is 0 Å². The summed E-state index contributed by atoms with van der Waals surface area (Å²) in [6, 6.07) is 4.82. The molecule has 0 heterocycles. The minimum Gasteiger partial charge on any atom is -0.351 e. The van der Waals surface area contributed by atoms with Crippen LogP contribution in [0.25, 0.3) is 0 Å². The molecular formula is C15H17ClF3NO. The molecule has 0 aromatic heterocycles. The van der Waals surface area contributed by atoms with E-state index in [0.29, 0.717) is 12.4 Å². The molecule has 6 heteroatoms. The van der Waals surface area contributed by atoms with Gasteiger partial charge in [-0.25, -0.2) is 0 Å². The number of hydrogen-bond acceptors (Lipinski definition) is 1. The fourth-order valence-electron chi connectivity index (χ4n) is 2.77. The van der Waals surface area contributed by atoms with E-state index in [1.165, 1.54) is 18.2 Å². The molecule has 0 aliphatic heterocycles. The zero-order valence-electron chi connectivity index (χ0n) is 11.5. The first-order chi connectivity index (χ1) is 9.88. The van der Waals surface area contributed by atoms with Gasteiger partial charge in [0.15, 0.2) is 0 Å². The molecule has 1 aromatic carbocycles. The minimum absolute atomic E-state index is 0.176. The van der Waals surface area contributed by atoms with Crippen molar-refractivity contribution in [2.45, 2.75) is 31.9 Å². The first-order valence-corrected chi connectivity index (χ1v) is 7.42. The van der Waals surface area contributed by atoms with Gasteiger partial charge in [-0.15, -0.1) is 11.6 Å². The van der Waals surface area contributed by atoms with Crippen LogP contribution in [-0.2, 0) is 6.18 Å². The van der Waals surface area contributed by atoms with Crippen molar-refractivity contribution >= 4 is 17.5 Å². The van der Waals surface area contributed by atoms with Crippen LogP contribution in [0.5, 0.6) is 0 Å². The van der Waals surface area contributed by atoms with E-state index < -0.39 is 17.6 Å². The maximum absolute atomic E-state index is 12.9. The normalized spacial score (nSPS) is 17.7. The monoisotopic (exact) mass is 319 g/mol. The molecule has 0 unspecified atom stereocenters. The van der Waals surface area contributed by atoms with Gasteiger partial charge in [0.05, 0.1) is 11.1 Å². The molecule has 0 bridgehead atoms. The molecule has 1 aromatic rings. The van der Waals surface area contributed by atoms with Crippen molar-refractivity contribution in [2.24, 2.45) is 5.41 Å². The average molecular weight is 320 g/mol. The highest BCUT2D eigenvalue weighted by atomic mass is 35.5. The number of carbonyl (C=O) groups excluding carboxylic acids is 1. The number of nitrogens with one attached hydrogen (secondary N) is 1. The highest BCUT2D eigenvalue weighted by molar-refractivity contribution is 6.18. The van der Waals surface area contributed by atoms with Gasteiger partial charge >= 0.3 is 6.18 Å². The molecule has 0 saturated heterocycles. The molecule has 0 spiro atoms. The van der Waals surface area contributed by atoms with Crippen molar-refractivity contribution < 1.29 is 18.0 Å². The van der Waals surface area contributed by atoms with Gasteiger partial charge in [0.25, 0.3) is 5.91 Å². The van der Waals surface area contributed by atoms with Gasteiger partial charge in [0, 0.05) is 17.8 Å². The van der Waals surface area contributed by atoms with Crippen LogP contribution in [0.2, 0.25) is 0 Å². The van der Waals surface area contributed by atoms with Crippen molar-refractivity contribution in [1.82, 2.24) is 5.32 Å². The quantitative estimate of drug-likeness (QED) is 0.827. The molecule has 2 rings (SSSR count). The fraction of sp³-hybridized carbons (Fsp3) is 0.533. The number of benzene rings is 1. The molecule has 2 nitrogen and oxygen atoms in total. The summed E-state index contributed by atoms with van der Waals surface area (Å²) in [4.78, 5) is 12.1. The van der Waals surface area contributed by atoms with Gasteiger partial charge in [-0.1, -0.05) is 25.0 Å². The Hall–Kier alpha value is -1.23. The lowest BCUT2D eigenvalue weighted by Crippen LogP contribution is -2.37. The molecule has 1 N–H and O–H groups in total. The lowest BCUT2D eigenvalue weighted by molar-refractivity contribution is -0.137. The lowest BCUT2D eigenvalue weighted by Gasteiger charge is -2.26. The number of alkyl halides is 4. The van der Waals surface area contributed by atoms with Gasteiger partial charge in [-0.3, -0.25) is 4.79 Å². The Labute approximate surface area is 126 Å².